The molecule has 1 rings (SSSR count). The Labute approximate surface area is 119 Å². The predicted molar refractivity (Wildman–Crippen MR) is 75.3 cm³/mol. The minimum Gasteiger partial charge on any atom is -0.496 e. The van der Waals surface area contributed by atoms with Crippen molar-refractivity contribution >= 4 is 33.5 Å². The zero-order chi connectivity index (χ0) is 14.6. The highest BCUT2D eigenvalue weighted by atomic mass is 79.9. The van der Waals surface area contributed by atoms with Crippen LogP contribution >= 0.6 is 15.9 Å². The number of halogens is 1. The number of benzene rings is 1. The lowest BCUT2D eigenvalue weighted by Gasteiger charge is -2.09. The molecule has 0 spiro atoms. The largest absolute Gasteiger partial charge is 0.496 e. The summed E-state index contributed by atoms with van der Waals surface area (Å²) in [5, 5.41) is 11.4. The van der Waals surface area contributed by atoms with E-state index in [0.29, 0.717) is 15.9 Å². The molecule has 6 heteroatoms. The van der Waals surface area contributed by atoms with E-state index in [1.165, 1.54) is 13.8 Å². The molecular weight excluding hydrogens is 314 g/mol. The first-order valence-electron chi connectivity index (χ1n) is 5.42. The smallest absolute Gasteiger partial charge is 0.331 e. The van der Waals surface area contributed by atoms with Gasteiger partial charge in [0.1, 0.15) is 5.75 Å². The van der Waals surface area contributed by atoms with Crippen molar-refractivity contribution < 1.29 is 19.4 Å². The van der Waals surface area contributed by atoms with E-state index in [1.54, 1.807) is 25.3 Å². The van der Waals surface area contributed by atoms with Crippen LogP contribution in [-0.4, -0.2) is 24.1 Å². The molecule has 0 fully saturated rings. The molecule has 1 aromatic carbocycles. The Morgan fingerprint density at radius 3 is 2.37 bits per heavy atom. The third kappa shape index (κ3) is 3.82. The van der Waals surface area contributed by atoms with Crippen molar-refractivity contribution in [2.75, 3.05) is 12.4 Å². The Morgan fingerprint density at radius 2 is 1.89 bits per heavy atom. The van der Waals surface area contributed by atoms with Crippen molar-refractivity contribution in [3.63, 3.8) is 0 Å². The van der Waals surface area contributed by atoms with Crippen molar-refractivity contribution in [3.8, 4) is 5.75 Å². The number of nitrogens with one attached hydrogen (secondary N) is 1. The molecule has 5 nitrogen and oxygen atoms in total. The van der Waals surface area contributed by atoms with E-state index >= 15 is 0 Å². The van der Waals surface area contributed by atoms with Crippen LogP contribution in [0.15, 0.2) is 33.8 Å². The zero-order valence-corrected chi connectivity index (χ0v) is 12.4. The van der Waals surface area contributed by atoms with Crippen molar-refractivity contribution in [1.82, 2.24) is 0 Å². The Bertz CT molecular complexity index is 552. The van der Waals surface area contributed by atoms with Crippen LogP contribution in [0, 0.1) is 0 Å². The van der Waals surface area contributed by atoms with Crippen LogP contribution in [0.25, 0.3) is 0 Å². The summed E-state index contributed by atoms with van der Waals surface area (Å²) >= 11 is 3.30. The normalized spacial score (nSPS) is 11.6. The second-order valence-corrected chi connectivity index (χ2v) is 4.71. The molecule has 2 N–H and O–H groups in total. The Morgan fingerprint density at radius 1 is 1.26 bits per heavy atom. The van der Waals surface area contributed by atoms with Gasteiger partial charge in [-0.1, -0.05) is 0 Å². The fraction of sp³-hybridized carbons (Fsp3) is 0.231. The molecule has 0 aliphatic rings. The van der Waals surface area contributed by atoms with Gasteiger partial charge in [-0.3, -0.25) is 4.79 Å². The molecule has 0 unspecified atom stereocenters. The molecule has 1 amide bonds. The number of carboxylic acids is 1. The van der Waals surface area contributed by atoms with Crippen LogP contribution in [0.2, 0.25) is 0 Å². The van der Waals surface area contributed by atoms with Gasteiger partial charge in [0.2, 0.25) is 0 Å². The maximum absolute atomic E-state index is 11.8. The van der Waals surface area contributed by atoms with E-state index in [2.05, 4.69) is 21.2 Å². The summed E-state index contributed by atoms with van der Waals surface area (Å²) < 4.78 is 5.77. The number of amides is 1. The molecule has 0 aliphatic carbocycles. The van der Waals surface area contributed by atoms with E-state index in [0.717, 1.165) is 0 Å². The summed E-state index contributed by atoms with van der Waals surface area (Å²) in [5.74, 6) is -0.910. The fourth-order valence-corrected chi connectivity index (χ4v) is 1.84. The van der Waals surface area contributed by atoms with Gasteiger partial charge in [0.15, 0.2) is 0 Å². The first-order chi connectivity index (χ1) is 8.86. The number of methoxy groups -OCH3 is 1. The van der Waals surface area contributed by atoms with Gasteiger partial charge in [-0.05, 0) is 48.0 Å². The Hall–Kier alpha value is -1.82. The van der Waals surface area contributed by atoms with Crippen molar-refractivity contribution in [1.29, 1.82) is 0 Å². The highest BCUT2D eigenvalue weighted by Gasteiger charge is 2.13. The molecular formula is C13H14BrNO4. The van der Waals surface area contributed by atoms with Crippen LogP contribution in [0.5, 0.6) is 5.75 Å². The summed E-state index contributed by atoms with van der Waals surface area (Å²) in [5.41, 5.74) is 0.736. The Balaban J connectivity index is 2.92. The number of aliphatic carboxylic acids is 1. The van der Waals surface area contributed by atoms with E-state index in [4.69, 9.17) is 9.84 Å². The molecule has 0 aromatic heterocycles. The third-order valence-electron chi connectivity index (χ3n) is 2.63. The number of anilines is 1. The van der Waals surface area contributed by atoms with Gasteiger partial charge >= 0.3 is 5.97 Å². The molecule has 0 atom stereocenters. The Kier molecular flexibility index (Phi) is 5.11. The van der Waals surface area contributed by atoms with Gasteiger partial charge in [0.25, 0.3) is 5.91 Å². The first-order valence-corrected chi connectivity index (χ1v) is 6.21. The number of carbonyl (C=O) groups is 2. The standard InChI is InChI=1S/C13H14BrNO4/c1-7(8(2)13(17)18)12(16)15-9-4-5-11(19-3)10(14)6-9/h4-6H,1-3H3,(H,15,16)(H,17,18). The molecule has 0 bridgehead atoms. The lowest BCUT2D eigenvalue weighted by molar-refractivity contribution is -0.133. The molecule has 1 aromatic rings. The minimum atomic E-state index is -1.11. The van der Waals surface area contributed by atoms with Gasteiger partial charge in [-0.25, -0.2) is 4.79 Å². The number of ether oxygens (including phenoxy) is 1. The minimum absolute atomic E-state index is 0.0186. The van der Waals surface area contributed by atoms with Crippen LogP contribution < -0.4 is 10.1 Å². The maximum atomic E-state index is 11.8. The van der Waals surface area contributed by atoms with Gasteiger partial charge in [0.05, 0.1) is 11.6 Å². The number of hydrogen-bond donors (Lipinski definition) is 2. The summed E-state index contributed by atoms with van der Waals surface area (Å²) in [4.78, 5) is 22.6. The highest BCUT2D eigenvalue weighted by molar-refractivity contribution is 9.10. The third-order valence-corrected chi connectivity index (χ3v) is 3.25. The summed E-state index contributed by atoms with van der Waals surface area (Å²) in [7, 11) is 1.54. The van der Waals surface area contributed by atoms with Crippen LogP contribution in [0.4, 0.5) is 5.69 Å². The second kappa shape index (κ2) is 6.38. The van der Waals surface area contributed by atoms with Crippen LogP contribution in [0.3, 0.4) is 0 Å². The SMILES string of the molecule is COc1ccc(NC(=O)C(C)=C(C)C(=O)O)cc1Br. The van der Waals surface area contributed by atoms with Gasteiger partial charge in [0, 0.05) is 16.8 Å². The van der Waals surface area contributed by atoms with Crippen molar-refractivity contribution in [2.45, 2.75) is 13.8 Å². The lowest BCUT2D eigenvalue weighted by atomic mass is 10.1. The summed E-state index contributed by atoms with van der Waals surface area (Å²) in [6.45, 7) is 2.86. The van der Waals surface area contributed by atoms with E-state index < -0.39 is 11.9 Å². The quantitative estimate of drug-likeness (QED) is 0.834. The molecule has 19 heavy (non-hydrogen) atoms. The highest BCUT2D eigenvalue weighted by Crippen LogP contribution is 2.27. The average Bonchev–Trinajstić information content (AvgIpc) is 2.37. The summed E-state index contributed by atoms with van der Waals surface area (Å²) in [6, 6.07) is 5.05. The average molecular weight is 328 g/mol. The molecule has 0 saturated heterocycles. The van der Waals surface area contributed by atoms with E-state index in [9.17, 15) is 9.59 Å². The topological polar surface area (TPSA) is 75.6 Å². The molecule has 0 saturated carbocycles. The zero-order valence-electron chi connectivity index (χ0n) is 10.8. The number of carbonyl (C=O) groups excluding carboxylic acids is 1. The molecule has 0 heterocycles. The maximum Gasteiger partial charge on any atom is 0.331 e. The van der Waals surface area contributed by atoms with Gasteiger partial charge in [-0.2, -0.15) is 0 Å². The molecule has 102 valence electrons. The van der Waals surface area contributed by atoms with Crippen LogP contribution in [0.1, 0.15) is 13.8 Å². The fourth-order valence-electron chi connectivity index (χ4n) is 1.30. The first kappa shape index (κ1) is 15.2. The van der Waals surface area contributed by atoms with Crippen LogP contribution in [-0.2, 0) is 9.59 Å². The molecule has 0 aliphatic heterocycles. The summed E-state index contributed by atoms with van der Waals surface area (Å²) in [6.07, 6.45) is 0. The van der Waals surface area contributed by atoms with Crippen molar-refractivity contribution in [3.05, 3.63) is 33.8 Å². The lowest BCUT2D eigenvalue weighted by Crippen LogP contribution is -2.16. The monoisotopic (exact) mass is 327 g/mol. The number of hydrogen-bond acceptors (Lipinski definition) is 3. The molecule has 0 radical (unpaired) electrons. The predicted octanol–water partition coefficient (Wildman–Crippen LogP) is 2.82. The van der Waals surface area contributed by atoms with E-state index in [1.807, 2.05) is 0 Å². The van der Waals surface area contributed by atoms with Crippen molar-refractivity contribution in [2.24, 2.45) is 0 Å². The van der Waals surface area contributed by atoms with E-state index in [-0.39, 0.29) is 11.1 Å². The number of carboxylic acid groups (broad SMARTS) is 1. The van der Waals surface area contributed by atoms with Gasteiger partial charge < -0.3 is 15.2 Å². The van der Waals surface area contributed by atoms with Gasteiger partial charge in [-0.15, -0.1) is 0 Å². The second-order valence-electron chi connectivity index (χ2n) is 3.86. The number of rotatable bonds is 4.